The van der Waals surface area contributed by atoms with E-state index in [9.17, 15) is 9.59 Å². The molecule has 0 saturated carbocycles. The van der Waals surface area contributed by atoms with Crippen LogP contribution in [0.3, 0.4) is 0 Å². The number of carbonyl (C=O) groups excluding carboxylic acids is 2. The Kier molecular flexibility index (Phi) is 3.74. The SMILES string of the molecule is Cn1c(=NC(=O)c2ccc3c(c2)NC(=O)CS3)sc2ccccc21. The molecule has 120 valence electrons. The lowest BCUT2D eigenvalue weighted by molar-refractivity contribution is -0.113. The highest BCUT2D eigenvalue weighted by atomic mass is 32.2. The third-order valence-corrected chi connectivity index (χ3v) is 5.96. The quantitative estimate of drug-likeness (QED) is 0.730. The minimum absolute atomic E-state index is 0.0510. The van der Waals surface area contributed by atoms with Crippen molar-refractivity contribution in [2.75, 3.05) is 11.1 Å². The van der Waals surface area contributed by atoms with Gasteiger partial charge in [0.25, 0.3) is 5.91 Å². The molecule has 0 unspecified atom stereocenters. The highest BCUT2D eigenvalue weighted by molar-refractivity contribution is 8.00. The summed E-state index contributed by atoms with van der Waals surface area (Å²) in [7, 11) is 1.90. The van der Waals surface area contributed by atoms with Crippen molar-refractivity contribution in [2.45, 2.75) is 4.90 Å². The molecule has 5 nitrogen and oxygen atoms in total. The molecule has 0 aliphatic carbocycles. The number of para-hydroxylation sites is 1. The van der Waals surface area contributed by atoms with E-state index in [1.54, 1.807) is 12.1 Å². The molecule has 7 heteroatoms. The Labute approximate surface area is 146 Å². The molecule has 2 amide bonds. The average molecular weight is 355 g/mol. The lowest BCUT2D eigenvalue weighted by atomic mass is 10.2. The smallest absolute Gasteiger partial charge is 0.279 e. The van der Waals surface area contributed by atoms with E-state index in [-0.39, 0.29) is 11.8 Å². The third kappa shape index (κ3) is 2.65. The van der Waals surface area contributed by atoms with Crippen LogP contribution in [0, 0.1) is 0 Å². The fraction of sp³-hybridized carbons (Fsp3) is 0.118. The second-order valence-corrected chi connectivity index (χ2v) is 7.40. The van der Waals surface area contributed by atoms with Crippen LogP contribution in [-0.2, 0) is 11.8 Å². The predicted molar refractivity (Wildman–Crippen MR) is 96.5 cm³/mol. The number of fused-ring (bicyclic) bond motifs is 2. The van der Waals surface area contributed by atoms with Gasteiger partial charge in [-0.1, -0.05) is 23.5 Å². The minimum atomic E-state index is -0.315. The van der Waals surface area contributed by atoms with Crippen molar-refractivity contribution in [1.82, 2.24) is 4.57 Å². The van der Waals surface area contributed by atoms with E-state index >= 15 is 0 Å². The lowest BCUT2D eigenvalue weighted by Gasteiger charge is -2.16. The number of benzene rings is 2. The zero-order valence-corrected chi connectivity index (χ0v) is 14.4. The molecule has 3 aromatic rings. The number of thioether (sulfide) groups is 1. The first-order chi connectivity index (χ1) is 11.6. The van der Waals surface area contributed by atoms with Crippen LogP contribution in [0.15, 0.2) is 52.4 Å². The van der Waals surface area contributed by atoms with Gasteiger partial charge in [-0.25, -0.2) is 0 Å². The first-order valence-corrected chi connectivity index (χ1v) is 9.12. The van der Waals surface area contributed by atoms with Gasteiger partial charge in [-0.2, -0.15) is 4.99 Å². The molecule has 1 aliphatic rings. The fourth-order valence-corrected chi connectivity index (χ4v) is 4.36. The maximum Gasteiger partial charge on any atom is 0.279 e. The van der Waals surface area contributed by atoms with Crippen LogP contribution >= 0.6 is 23.1 Å². The van der Waals surface area contributed by atoms with Crippen LogP contribution in [0.1, 0.15) is 10.4 Å². The Morgan fingerprint density at radius 2 is 2.08 bits per heavy atom. The highest BCUT2D eigenvalue weighted by Gasteiger charge is 2.17. The van der Waals surface area contributed by atoms with E-state index < -0.39 is 0 Å². The Morgan fingerprint density at radius 1 is 1.25 bits per heavy atom. The number of hydrogen-bond acceptors (Lipinski definition) is 4. The maximum atomic E-state index is 12.5. The van der Waals surface area contributed by atoms with E-state index in [0.717, 1.165) is 15.1 Å². The van der Waals surface area contributed by atoms with Crippen LogP contribution in [0.5, 0.6) is 0 Å². The van der Waals surface area contributed by atoms with Gasteiger partial charge in [-0.15, -0.1) is 11.8 Å². The molecule has 0 atom stereocenters. The Bertz CT molecular complexity index is 1050. The summed E-state index contributed by atoms with van der Waals surface area (Å²) < 4.78 is 2.99. The van der Waals surface area contributed by atoms with Crippen molar-refractivity contribution >= 4 is 50.8 Å². The zero-order chi connectivity index (χ0) is 16.7. The summed E-state index contributed by atoms with van der Waals surface area (Å²) in [6.45, 7) is 0. The largest absolute Gasteiger partial charge is 0.324 e. The van der Waals surface area contributed by atoms with Crippen molar-refractivity contribution in [3.63, 3.8) is 0 Å². The van der Waals surface area contributed by atoms with Crippen molar-refractivity contribution in [1.29, 1.82) is 0 Å². The predicted octanol–water partition coefficient (Wildman–Crippen LogP) is 3.03. The Morgan fingerprint density at radius 3 is 2.92 bits per heavy atom. The van der Waals surface area contributed by atoms with Gasteiger partial charge in [0.1, 0.15) is 0 Å². The van der Waals surface area contributed by atoms with Gasteiger partial charge in [0, 0.05) is 17.5 Å². The summed E-state index contributed by atoms with van der Waals surface area (Å²) in [6, 6.07) is 13.2. The topological polar surface area (TPSA) is 63.5 Å². The van der Waals surface area contributed by atoms with Gasteiger partial charge in [-0.05, 0) is 30.3 Å². The van der Waals surface area contributed by atoms with E-state index in [0.29, 0.717) is 21.8 Å². The molecule has 1 N–H and O–H groups in total. The van der Waals surface area contributed by atoms with Crippen LogP contribution in [0.4, 0.5) is 5.69 Å². The van der Waals surface area contributed by atoms with Crippen molar-refractivity contribution < 1.29 is 9.59 Å². The number of nitrogens with one attached hydrogen (secondary N) is 1. The third-order valence-electron chi connectivity index (χ3n) is 3.77. The molecule has 4 rings (SSSR count). The number of carbonyl (C=O) groups is 2. The summed E-state index contributed by atoms with van der Waals surface area (Å²) in [5.41, 5.74) is 2.19. The summed E-state index contributed by atoms with van der Waals surface area (Å²) in [5, 5.41) is 2.80. The van der Waals surface area contributed by atoms with Crippen molar-refractivity contribution in [2.24, 2.45) is 12.0 Å². The van der Waals surface area contributed by atoms with Gasteiger partial charge >= 0.3 is 0 Å². The van der Waals surface area contributed by atoms with Crippen LogP contribution in [-0.4, -0.2) is 22.1 Å². The van der Waals surface area contributed by atoms with Gasteiger partial charge < -0.3 is 9.88 Å². The van der Waals surface area contributed by atoms with Crippen LogP contribution in [0.2, 0.25) is 0 Å². The number of aryl methyl sites for hydroxylation is 1. The molecule has 0 radical (unpaired) electrons. The van der Waals surface area contributed by atoms with E-state index in [2.05, 4.69) is 10.3 Å². The average Bonchev–Trinajstić information content (AvgIpc) is 2.90. The number of thiazole rings is 1. The van der Waals surface area contributed by atoms with Crippen molar-refractivity contribution in [3.8, 4) is 0 Å². The second kappa shape index (κ2) is 5.92. The minimum Gasteiger partial charge on any atom is -0.324 e. The molecule has 2 heterocycles. The summed E-state index contributed by atoms with van der Waals surface area (Å²) in [6.07, 6.45) is 0. The molecule has 24 heavy (non-hydrogen) atoms. The summed E-state index contributed by atoms with van der Waals surface area (Å²) in [4.78, 5) is 29.9. The molecule has 0 spiro atoms. The lowest BCUT2D eigenvalue weighted by Crippen LogP contribution is -2.19. The van der Waals surface area contributed by atoms with Crippen molar-refractivity contribution in [3.05, 3.63) is 52.8 Å². The zero-order valence-electron chi connectivity index (χ0n) is 12.8. The standard InChI is InChI=1S/C17H13N3O2S2/c1-20-12-4-2-3-5-14(12)24-17(20)19-16(22)10-6-7-13-11(8-10)18-15(21)9-23-13/h2-8H,9H2,1H3,(H,18,21). The normalized spacial score (nSPS) is 14.5. The molecule has 0 bridgehead atoms. The number of rotatable bonds is 1. The molecule has 1 aliphatic heterocycles. The molecule has 0 fully saturated rings. The van der Waals surface area contributed by atoms with Gasteiger partial charge in [-0.3, -0.25) is 9.59 Å². The van der Waals surface area contributed by atoms with Gasteiger partial charge in [0.05, 0.1) is 21.7 Å². The number of hydrogen-bond donors (Lipinski definition) is 1. The molecular formula is C17H13N3O2S2. The van der Waals surface area contributed by atoms with Crippen LogP contribution < -0.4 is 10.1 Å². The first kappa shape index (κ1) is 15.2. The molecule has 1 aromatic heterocycles. The van der Waals surface area contributed by atoms with E-state index in [4.69, 9.17) is 0 Å². The first-order valence-electron chi connectivity index (χ1n) is 7.32. The molecule has 2 aromatic carbocycles. The Balaban J connectivity index is 1.74. The van der Waals surface area contributed by atoms with E-state index in [1.165, 1.54) is 23.1 Å². The molecule has 0 saturated heterocycles. The maximum absolute atomic E-state index is 12.5. The van der Waals surface area contributed by atoms with Gasteiger partial charge in [0.2, 0.25) is 5.91 Å². The number of nitrogens with zero attached hydrogens (tertiary/aromatic N) is 2. The van der Waals surface area contributed by atoms with Crippen LogP contribution in [0.25, 0.3) is 10.2 Å². The summed E-state index contributed by atoms with van der Waals surface area (Å²) >= 11 is 2.95. The summed E-state index contributed by atoms with van der Waals surface area (Å²) in [5.74, 6) is 0.0390. The number of aromatic nitrogens is 1. The van der Waals surface area contributed by atoms with Gasteiger partial charge in [0.15, 0.2) is 4.80 Å². The monoisotopic (exact) mass is 355 g/mol. The highest BCUT2D eigenvalue weighted by Crippen LogP contribution is 2.32. The van der Waals surface area contributed by atoms with E-state index in [1.807, 2.05) is 41.9 Å². The molecular weight excluding hydrogens is 342 g/mol. The second-order valence-electron chi connectivity index (χ2n) is 5.38. The number of amides is 2. The number of anilines is 1. The fourth-order valence-electron chi connectivity index (χ4n) is 2.56. The Hall–Kier alpha value is -2.38.